The van der Waals surface area contributed by atoms with Gasteiger partial charge in [-0.05, 0) is 24.7 Å². The van der Waals surface area contributed by atoms with Gasteiger partial charge in [0.2, 0.25) is 0 Å². The van der Waals surface area contributed by atoms with Crippen molar-refractivity contribution in [2.75, 3.05) is 20.3 Å². The van der Waals surface area contributed by atoms with Crippen LogP contribution in [-0.2, 0) is 7.05 Å². The number of nitrogens with zero attached hydrogens (tertiary/aromatic N) is 2. The summed E-state index contributed by atoms with van der Waals surface area (Å²) in [6.07, 6.45) is 3.75. The first kappa shape index (κ1) is 12.0. The Balaban J connectivity index is 1.98. The molecule has 1 unspecified atom stereocenters. The first-order valence-electron chi connectivity index (χ1n) is 6.33. The van der Waals surface area contributed by atoms with Gasteiger partial charge in [-0.1, -0.05) is 6.07 Å². The average molecular weight is 259 g/mol. The molecule has 0 bridgehead atoms. The van der Waals surface area contributed by atoms with E-state index in [1.165, 1.54) is 0 Å². The van der Waals surface area contributed by atoms with Gasteiger partial charge in [0.1, 0.15) is 19.0 Å². The fourth-order valence-corrected chi connectivity index (χ4v) is 2.34. The molecule has 1 atom stereocenters. The van der Waals surface area contributed by atoms with Crippen LogP contribution in [-0.4, -0.2) is 29.8 Å². The molecule has 0 saturated carbocycles. The third-order valence-electron chi connectivity index (χ3n) is 3.30. The average Bonchev–Trinajstić information content (AvgIpc) is 2.86. The number of aryl methyl sites for hydroxylation is 1. The van der Waals surface area contributed by atoms with Crippen LogP contribution in [0.25, 0.3) is 0 Å². The van der Waals surface area contributed by atoms with Crippen molar-refractivity contribution in [3.8, 4) is 11.5 Å². The maximum Gasteiger partial charge on any atom is 0.161 e. The largest absolute Gasteiger partial charge is 0.486 e. The summed E-state index contributed by atoms with van der Waals surface area (Å²) in [5.41, 5.74) is 1.11. The lowest BCUT2D eigenvalue weighted by Crippen LogP contribution is -2.22. The van der Waals surface area contributed by atoms with E-state index >= 15 is 0 Å². The highest BCUT2D eigenvalue weighted by Crippen LogP contribution is 2.33. The zero-order valence-electron chi connectivity index (χ0n) is 11.1. The van der Waals surface area contributed by atoms with Crippen molar-refractivity contribution >= 4 is 0 Å². The van der Waals surface area contributed by atoms with Crippen LogP contribution in [0.5, 0.6) is 11.5 Å². The number of hydrogen-bond donors (Lipinski definition) is 1. The van der Waals surface area contributed by atoms with Gasteiger partial charge in [0, 0.05) is 19.4 Å². The minimum Gasteiger partial charge on any atom is -0.486 e. The molecule has 0 radical (unpaired) electrons. The van der Waals surface area contributed by atoms with Crippen molar-refractivity contribution in [2.45, 2.75) is 6.04 Å². The van der Waals surface area contributed by atoms with Crippen LogP contribution in [0, 0.1) is 0 Å². The van der Waals surface area contributed by atoms with Crippen molar-refractivity contribution in [1.82, 2.24) is 14.9 Å². The summed E-state index contributed by atoms with van der Waals surface area (Å²) in [5, 5.41) is 3.29. The van der Waals surface area contributed by atoms with Crippen molar-refractivity contribution in [3.05, 3.63) is 42.0 Å². The first-order chi connectivity index (χ1) is 9.29. The molecule has 1 aliphatic rings. The molecule has 5 heteroatoms. The summed E-state index contributed by atoms with van der Waals surface area (Å²) in [7, 11) is 3.92. The number of aromatic nitrogens is 2. The van der Waals surface area contributed by atoms with Gasteiger partial charge in [0.25, 0.3) is 0 Å². The summed E-state index contributed by atoms with van der Waals surface area (Å²) in [6.45, 7) is 1.21. The van der Waals surface area contributed by atoms with Gasteiger partial charge in [-0.15, -0.1) is 0 Å². The van der Waals surface area contributed by atoms with Crippen molar-refractivity contribution < 1.29 is 9.47 Å². The van der Waals surface area contributed by atoms with Crippen LogP contribution in [0.3, 0.4) is 0 Å². The second-order valence-electron chi connectivity index (χ2n) is 4.52. The van der Waals surface area contributed by atoms with E-state index in [2.05, 4.69) is 10.3 Å². The maximum atomic E-state index is 5.63. The molecule has 19 heavy (non-hydrogen) atoms. The van der Waals surface area contributed by atoms with Crippen LogP contribution < -0.4 is 14.8 Å². The van der Waals surface area contributed by atoms with Crippen LogP contribution in [0.1, 0.15) is 17.4 Å². The van der Waals surface area contributed by atoms with E-state index in [1.54, 1.807) is 6.20 Å². The Morgan fingerprint density at radius 1 is 1.26 bits per heavy atom. The zero-order valence-corrected chi connectivity index (χ0v) is 11.1. The van der Waals surface area contributed by atoms with Gasteiger partial charge in [-0.25, -0.2) is 4.98 Å². The number of benzene rings is 1. The molecular weight excluding hydrogens is 242 g/mol. The summed E-state index contributed by atoms with van der Waals surface area (Å²) in [4.78, 5) is 4.40. The van der Waals surface area contributed by atoms with E-state index in [-0.39, 0.29) is 6.04 Å². The third kappa shape index (κ3) is 2.17. The smallest absolute Gasteiger partial charge is 0.161 e. The molecule has 2 aromatic rings. The first-order valence-corrected chi connectivity index (χ1v) is 6.33. The Labute approximate surface area is 112 Å². The maximum absolute atomic E-state index is 5.63. The van der Waals surface area contributed by atoms with E-state index in [0.29, 0.717) is 13.2 Å². The minimum atomic E-state index is 0.0378. The van der Waals surface area contributed by atoms with Gasteiger partial charge in [-0.3, -0.25) is 0 Å². The number of fused-ring (bicyclic) bond motifs is 1. The van der Waals surface area contributed by atoms with Gasteiger partial charge in [-0.2, -0.15) is 0 Å². The Hall–Kier alpha value is -2.01. The second kappa shape index (κ2) is 4.93. The summed E-state index contributed by atoms with van der Waals surface area (Å²) < 4.78 is 13.2. The quantitative estimate of drug-likeness (QED) is 0.907. The van der Waals surface area contributed by atoms with E-state index in [9.17, 15) is 0 Å². The van der Waals surface area contributed by atoms with Crippen LogP contribution in [0.15, 0.2) is 30.6 Å². The third-order valence-corrected chi connectivity index (χ3v) is 3.30. The normalized spacial score (nSPS) is 15.3. The molecule has 1 aromatic carbocycles. The van der Waals surface area contributed by atoms with E-state index in [1.807, 2.05) is 43.1 Å². The summed E-state index contributed by atoms with van der Waals surface area (Å²) in [6, 6.07) is 6.06. The molecular formula is C14H17N3O2. The highest BCUT2D eigenvalue weighted by molar-refractivity contribution is 5.45. The number of imidazole rings is 1. The van der Waals surface area contributed by atoms with Crippen LogP contribution in [0.4, 0.5) is 0 Å². The highest BCUT2D eigenvalue weighted by Gasteiger charge is 2.19. The molecule has 1 N–H and O–H groups in total. The number of ether oxygens (including phenoxy) is 2. The Bertz CT molecular complexity index is 580. The molecule has 1 aromatic heterocycles. The van der Waals surface area contributed by atoms with E-state index in [4.69, 9.17) is 9.47 Å². The molecule has 2 heterocycles. The van der Waals surface area contributed by atoms with Crippen LogP contribution in [0.2, 0.25) is 0 Å². The Morgan fingerprint density at radius 2 is 2.05 bits per heavy atom. The SMILES string of the molecule is CNC(c1ccc2c(c1)OCCO2)c1nccn1C. The number of rotatable bonds is 3. The minimum absolute atomic E-state index is 0.0378. The van der Waals surface area contributed by atoms with Gasteiger partial charge in [0.15, 0.2) is 11.5 Å². The molecule has 100 valence electrons. The van der Waals surface area contributed by atoms with Crippen molar-refractivity contribution in [3.63, 3.8) is 0 Å². The highest BCUT2D eigenvalue weighted by atomic mass is 16.6. The number of nitrogens with one attached hydrogen (secondary N) is 1. The molecule has 0 aliphatic carbocycles. The van der Waals surface area contributed by atoms with Gasteiger partial charge >= 0.3 is 0 Å². The predicted molar refractivity (Wildman–Crippen MR) is 71.5 cm³/mol. The van der Waals surface area contributed by atoms with Crippen LogP contribution >= 0.6 is 0 Å². The molecule has 0 saturated heterocycles. The van der Waals surface area contributed by atoms with Crippen molar-refractivity contribution in [1.29, 1.82) is 0 Å². The Morgan fingerprint density at radius 3 is 2.74 bits per heavy atom. The van der Waals surface area contributed by atoms with Gasteiger partial charge < -0.3 is 19.4 Å². The topological polar surface area (TPSA) is 48.3 Å². The molecule has 0 fully saturated rings. The van der Waals surface area contributed by atoms with E-state index in [0.717, 1.165) is 22.9 Å². The molecule has 0 spiro atoms. The standard InChI is InChI=1S/C14H17N3O2/c1-15-13(14-16-5-6-17(14)2)10-3-4-11-12(9-10)19-8-7-18-11/h3-6,9,13,15H,7-8H2,1-2H3. The predicted octanol–water partition coefficient (Wildman–Crippen LogP) is 1.50. The monoisotopic (exact) mass is 259 g/mol. The second-order valence-corrected chi connectivity index (χ2v) is 4.52. The molecule has 1 aliphatic heterocycles. The van der Waals surface area contributed by atoms with E-state index < -0.39 is 0 Å². The lowest BCUT2D eigenvalue weighted by molar-refractivity contribution is 0.171. The molecule has 5 nitrogen and oxygen atoms in total. The lowest BCUT2D eigenvalue weighted by Gasteiger charge is -2.22. The van der Waals surface area contributed by atoms with Gasteiger partial charge in [0.05, 0.1) is 6.04 Å². The fourth-order valence-electron chi connectivity index (χ4n) is 2.34. The molecule has 0 amide bonds. The van der Waals surface area contributed by atoms with Crippen molar-refractivity contribution in [2.24, 2.45) is 7.05 Å². The lowest BCUT2D eigenvalue weighted by atomic mass is 10.1. The number of hydrogen-bond acceptors (Lipinski definition) is 4. The zero-order chi connectivity index (χ0) is 13.2. The summed E-state index contributed by atoms with van der Waals surface area (Å²) in [5.74, 6) is 2.59. The molecule has 3 rings (SSSR count). The summed E-state index contributed by atoms with van der Waals surface area (Å²) >= 11 is 0. The fraction of sp³-hybridized carbons (Fsp3) is 0.357. The Kier molecular flexibility index (Phi) is 3.13.